The summed E-state index contributed by atoms with van der Waals surface area (Å²) in [5, 5.41) is 0. The number of likely N-dealkylation sites (tertiary alicyclic amines) is 1. The van der Waals surface area contributed by atoms with Gasteiger partial charge >= 0.3 is 0 Å². The number of nitrogens with two attached hydrogens (primary N) is 1. The number of amides is 2. The fraction of sp³-hybridized carbons (Fsp3) is 0.364. The fourth-order valence-electron chi connectivity index (χ4n) is 4.92. The molecule has 2 fully saturated rings. The van der Waals surface area contributed by atoms with Crippen LogP contribution < -0.4 is 5.73 Å². The van der Waals surface area contributed by atoms with Gasteiger partial charge in [0.15, 0.2) is 0 Å². The Morgan fingerprint density at radius 3 is 2.48 bits per heavy atom. The van der Waals surface area contributed by atoms with Crippen LogP contribution in [0.4, 0.5) is 4.39 Å². The number of hydrogen-bond acceptors (Lipinski definition) is 2. The summed E-state index contributed by atoms with van der Waals surface area (Å²) in [6, 6.07) is 12.8. The van der Waals surface area contributed by atoms with Gasteiger partial charge in [-0.1, -0.05) is 37.3 Å². The molecule has 0 spiro atoms. The number of fused-ring (bicyclic) bond motifs is 1. The van der Waals surface area contributed by atoms with Crippen LogP contribution in [0.2, 0.25) is 0 Å². The lowest BCUT2D eigenvalue weighted by Gasteiger charge is -2.27. The molecule has 2 aromatic rings. The molecule has 0 aromatic heterocycles. The Morgan fingerprint density at radius 2 is 1.78 bits per heavy atom. The Kier molecular flexibility index (Phi) is 4.46. The summed E-state index contributed by atoms with van der Waals surface area (Å²) in [5.74, 6) is 0.118. The van der Waals surface area contributed by atoms with E-state index in [1.54, 1.807) is 29.2 Å². The number of primary amides is 1. The van der Waals surface area contributed by atoms with Crippen molar-refractivity contribution in [3.05, 3.63) is 59.9 Å². The van der Waals surface area contributed by atoms with Gasteiger partial charge in [-0.2, -0.15) is 0 Å². The predicted octanol–water partition coefficient (Wildman–Crippen LogP) is 3.46. The lowest BCUT2D eigenvalue weighted by molar-refractivity contribution is -0.122. The van der Waals surface area contributed by atoms with Crippen LogP contribution in [-0.4, -0.2) is 29.3 Å². The van der Waals surface area contributed by atoms with E-state index in [9.17, 15) is 14.0 Å². The first kappa shape index (κ1) is 17.7. The summed E-state index contributed by atoms with van der Waals surface area (Å²) >= 11 is 0. The summed E-state index contributed by atoms with van der Waals surface area (Å²) in [5.41, 5.74) is 7.71. The van der Waals surface area contributed by atoms with E-state index in [4.69, 9.17) is 5.73 Å². The number of halogens is 1. The first-order valence-electron chi connectivity index (χ1n) is 9.41. The Morgan fingerprint density at radius 1 is 1.07 bits per heavy atom. The van der Waals surface area contributed by atoms with Crippen LogP contribution in [0.1, 0.15) is 30.1 Å². The average molecular weight is 366 g/mol. The van der Waals surface area contributed by atoms with E-state index in [-0.39, 0.29) is 17.6 Å². The molecule has 0 radical (unpaired) electrons. The highest BCUT2D eigenvalue weighted by Gasteiger charge is 2.50. The molecule has 1 unspecified atom stereocenters. The van der Waals surface area contributed by atoms with Crippen LogP contribution in [0.25, 0.3) is 11.1 Å². The molecule has 1 aliphatic carbocycles. The van der Waals surface area contributed by atoms with Crippen molar-refractivity contribution in [3.63, 3.8) is 0 Å². The van der Waals surface area contributed by atoms with Crippen LogP contribution in [0.5, 0.6) is 0 Å². The zero-order valence-electron chi connectivity index (χ0n) is 15.3. The maximum Gasteiger partial charge on any atom is 0.255 e. The molecule has 1 heterocycles. The third kappa shape index (κ3) is 3.11. The van der Waals surface area contributed by atoms with Gasteiger partial charge in [0, 0.05) is 12.1 Å². The molecule has 1 saturated carbocycles. The number of hydrogen-bond donors (Lipinski definition) is 1. The van der Waals surface area contributed by atoms with Gasteiger partial charge in [0.05, 0.1) is 0 Å². The van der Waals surface area contributed by atoms with E-state index in [1.165, 1.54) is 12.1 Å². The number of benzene rings is 2. The summed E-state index contributed by atoms with van der Waals surface area (Å²) < 4.78 is 13.3. The van der Waals surface area contributed by atoms with Crippen LogP contribution in [0, 0.1) is 23.6 Å². The molecule has 4 atom stereocenters. The maximum atomic E-state index is 13.4. The van der Waals surface area contributed by atoms with Gasteiger partial charge in [-0.3, -0.25) is 9.59 Å². The largest absolute Gasteiger partial charge is 0.368 e. The first-order chi connectivity index (χ1) is 13.0. The second-order valence-corrected chi connectivity index (χ2v) is 7.86. The Hall–Kier alpha value is -2.69. The van der Waals surface area contributed by atoms with Crippen molar-refractivity contribution in [2.75, 3.05) is 6.54 Å². The van der Waals surface area contributed by atoms with Crippen molar-refractivity contribution in [2.24, 2.45) is 23.5 Å². The lowest BCUT2D eigenvalue weighted by atomic mass is 9.93. The molecular formula is C22H23FN2O2. The molecule has 4 rings (SSSR count). The van der Waals surface area contributed by atoms with E-state index < -0.39 is 11.9 Å². The van der Waals surface area contributed by atoms with Gasteiger partial charge in [0.2, 0.25) is 5.91 Å². The normalized spacial score (nSPS) is 26.8. The molecule has 2 aromatic carbocycles. The summed E-state index contributed by atoms with van der Waals surface area (Å²) in [6.45, 7) is 2.76. The van der Waals surface area contributed by atoms with Crippen molar-refractivity contribution >= 4 is 11.8 Å². The van der Waals surface area contributed by atoms with Crippen LogP contribution in [-0.2, 0) is 4.79 Å². The van der Waals surface area contributed by atoms with Gasteiger partial charge in [0.1, 0.15) is 11.9 Å². The molecule has 1 aliphatic heterocycles. The van der Waals surface area contributed by atoms with E-state index >= 15 is 0 Å². The molecule has 5 heteroatoms. The van der Waals surface area contributed by atoms with E-state index in [0.717, 1.165) is 24.0 Å². The second kappa shape index (κ2) is 6.80. The van der Waals surface area contributed by atoms with E-state index in [1.807, 2.05) is 12.1 Å². The average Bonchev–Trinajstić information content (AvgIpc) is 3.17. The minimum atomic E-state index is -0.547. The number of carbonyl (C=O) groups is 2. The topological polar surface area (TPSA) is 63.4 Å². The van der Waals surface area contributed by atoms with E-state index in [0.29, 0.717) is 23.9 Å². The monoisotopic (exact) mass is 366 g/mol. The highest BCUT2D eigenvalue weighted by atomic mass is 19.1. The van der Waals surface area contributed by atoms with Crippen molar-refractivity contribution in [2.45, 2.75) is 25.8 Å². The molecule has 1 saturated heterocycles. The van der Waals surface area contributed by atoms with Gasteiger partial charge in [0.25, 0.3) is 5.91 Å². The Balaban J connectivity index is 1.69. The minimum absolute atomic E-state index is 0.152. The minimum Gasteiger partial charge on any atom is -0.368 e. The zero-order chi connectivity index (χ0) is 19.1. The number of rotatable bonds is 3. The Bertz CT molecular complexity index is 880. The zero-order valence-corrected chi connectivity index (χ0v) is 15.3. The van der Waals surface area contributed by atoms with Gasteiger partial charge < -0.3 is 10.6 Å². The maximum absolute atomic E-state index is 13.4. The van der Waals surface area contributed by atoms with Crippen LogP contribution >= 0.6 is 0 Å². The standard InChI is InChI=1S/C22H23FN2O2/c1-13-10-15-12-25(20(21(24)26)19(15)11-13)22(27)18-5-3-2-4-17(18)14-6-8-16(23)9-7-14/h2-9,13,15,19-20H,10-12H2,1H3,(H2,24,26)/t13?,15-,19-,20-/m0/s1. The molecule has 2 N–H and O–H groups in total. The smallest absolute Gasteiger partial charge is 0.255 e. The van der Waals surface area contributed by atoms with Crippen LogP contribution in [0.15, 0.2) is 48.5 Å². The number of carbonyl (C=O) groups excluding carboxylic acids is 2. The van der Waals surface area contributed by atoms with Crippen molar-refractivity contribution in [1.82, 2.24) is 4.90 Å². The van der Waals surface area contributed by atoms with Gasteiger partial charge in [-0.25, -0.2) is 4.39 Å². The number of nitrogens with zero attached hydrogens (tertiary/aromatic N) is 1. The first-order valence-corrected chi connectivity index (χ1v) is 9.41. The summed E-state index contributed by atoms with van der Waals surface area (Å²) in [6.07, 6.45) is 1.96. The quantitative estimate of drug-likeness (QED) is 0.904. The molecule has 140 valence electrons. The Labute approximate surface area is 158 Å². The highest BCUT2D eigenvalue weighted by molar-refractivity contribution is 6.03. The van der Waals surface area contributed by atoms with Crippen molar-refractivity contribution in [3.8, 4) is 11.1 Å². The molecule has 2 aliphatic rings. The van der Waals surface area contributed by atoms with Gasteiger partial charge in [-0.15, -0.1) is 0 Å². The molecule has 4 nitrogen and oxygen atoms in total. The van der Waals surface area contributed by atoms with Crippen molar-refractivity contribution in [1.29, 1.82) is 0 Å². The lowest BCUT2D eigenvalue weighted by Crippen LogP contribution is -2.46. The predicted molar refractivity (Wildman–Crippen MR) is 101 cm³/mol. The fourth-order valence-corrected chi connectivity index (χ4v) is 4.92. The van der Waals surface area contributed by atoms with Crippen molar-refractivity contribution < 1.29 is 14.0 Å². The second-order valence-electron chi connectivity index (χ2n) is 7.86. The molecule has 0 bridgehead atoms. The summed E-state index contributed by atoms with van der Waals surface area (Å²) in [4.78, 5) is 27.2. The summed E-state index contributed by atoms with van der Waals surface area (Å²) in [7, 11) is 0. The SMILES string of the molecule is CC1C[C@H]2CN(C(=O)c3ccccc3-c3ccc(F)cc3)[C@H](C(N)=O)[C@H]2C1. The van der Waals surface area contributed by atoms with Crippen LogP contribution in [0.3, 0.4) is 0 Å². The molecule has 27 heavy (non-hydrogen) atoms. The third-order valence-corrected chi connectivity index (χ3v) is 6.02. The van der Waals surface area contributed by atoms with E-state index in [2.05, 4.69) is 6.92 Å². The highest BCUT2D eigenvalue weighted by Crippen LogP contribution is 2.45. The molecule has 2 amide bonds. The third-order valence-electron chi connectivity index (χ3n) is 6.02. The molecular weight excluding hydrogens is 343 g/mol. The van der Waals surface area contributed by atoms with Gasteiger partial charge in [-0.05, 0) is 59.9 Å².